The molecule has 0 saturated heterocycles. The van der Waals surface area contributed by atoms with Crippen molar-refractivity contribution in [3.05, 3.63) is 27.8 Å². The maximum absolute atomic E-state index is 7.57. The zero-order valence-corrected chi connectivity index (χ0v) is 16.9. The molecular weight excluding hydrogens is 331 g/mol. The predicted octanol–water partition coefficient (Wildman–Crippen LogP) is 2.94. The van der Waals surface area contributed by atoms with Gasteiger partial charge < -0.3 is 15.3 Å². The minimum absolute atomic E-state index is 0. The average molecular weight is 365 g/mol. The Morgan fingerprint density at radius 3 is 0.900 bits per heavy atom. The molecule has 0 aromatic heterocycles. The molecule has 0 fully saturated rings. The second-order valence-corrected chi connectivity index (χ2v) is 4.07. The van der Waals surface area contributed by atoms with E-state index in [0.29, 0.717) is 0 Å². The van der Waals surface area contributed by atoms with Crippen molar-refractivity contribution in [1.82, 2.24) is 0 Å². The molecule has 120 valence electrons. The number of aliphatic hydroxyl groups is 3. The summed E-state index contributed by atoms with van der Waals surface area (Å²) >= 11 is 0. The molecule has 0 saturated carbocycles. The van der Waals surface area contributed by atoms with Gasteiger partial charge in [0, 0.05) is 46.0 Å². The van der Waals surface area contributed by atoms with Crippen molar-refractivity contribution in [2.75, 3.05) is 19.8 Å². The van der Waals surface area contributed by atoms with E-state index in [1.165, 1.54) is 27.8 Å². The Bertz CT molecular complexity index is 222. The van der Waals surface area contributed by atoms with Crippen molar-refractivity contribution in [3.63, 3.8) is 0 Å². The van der Waals surface area contributed by atoms with E-state index >= 15 is 0 Å². The molecule has 0 radical (unpaired) electrons. The third kappa shape index (κ3) is 13.1. The Morgan fingerprint density at radius 1 is 0.700 bits per heavy atom. The third-order valence-corrected chi connectivity index (χ3v) is 2.81. The number of rotatable bonds is 0. The quantitative estimate of drug-likeness (QED) is 0.620. The van der Waals surface area contributed by atoms with Gasteiger partial charge >= 0.3 is 0 Å². The maximum atomic E-state index is 7.57. The van der Waals surface area contributed by atoms with Crippen LogP contribution in [-0.4, -0.2) is 35.1 Å². The first-order chi connectivity index (χ1) is 8.80. The maximum Gasteiger partial charge on any atom is 0.0402 e. The molecule has 0 atom stereocenters. The summed E-state index contributed by atoms with van der Waals surface area (Å²) in [6.07, 6.45) is 0. The first-order valence-electron chi connectivity index (χ1n) is 6.82. The van der Waals surface area contributed by atoms with Crippen LogP contribution in [0.25, 0.3) is 0 Å². The molecule has 0 aliphatic heterocycles. The molecule has 3 N–H and O–H groups in total. The molecule has 0 aliphatic rings. The number of aliphatic hydroxyl groups excluding tert-OH is 3. The summed E-state index contributed by atoms with van der Waals surface area (Å²) in [5, 5.41) is 22.7. The Hall–Kier alpha value is 0.113. The van der Waals surface area contributed by atoms with E-state index in [4.69, 9.17) is 15.3 Å². The van der Waals surface area contributed by atoms with Crippen LogP contribution in [0.3, 0.4) is 0 Å². The Morgan fingerprint density at radius 2 is 0.850 bits per heavy atom. The van der Waals surface area contributed by atoms with Gasteiger partial charge in [-0.05, 0) is 20.8 Å². The molecule has 1 aromatic carbocycles. The normalized spacial score (nSPS) is 7.95. The fourth-order valence-electron chi connectivity index (χ4n) is 1.41. The van der Waals surface area contributed by atoms with Gasteiger partial charge in [-0.15, -0.1) is 0 Å². The average Bonchev–Trinajstić information content (AvgIpc) is 2.51. The first kappa shape index (κ1) is 28.3. The Kier molecular flexibility index (Phi) is 27.0. The first-order valence-corrected chi connectivity index (χ1v) is 6.82. The van der Waals surface area contributed by atoms with E-state index in [1.807, 2.05) is 0 Å². The minimum atomic E-state index is 0. The largest absolute Gasteiger partial charge is 0.397 e. The molecule has 0 aliphatic carbocycles. The van der Waals surface area contributed by atoms with Crippen LogP contribution in [0.1, 0.15) is 48.6 Å². The fourth-order valence-corrected chi connectivity index (χ4v) is 1.41. The van der Waals surface area contributed by atoms with Crippen molar-refractivity contribution in [1.29, 1.82) is 0 Å². The predicted molar refractivity (Wildman–Crippen MR) is 84.0 cm³/mol. The van der Waals surface area contributed by atoms with Crippen molar-refractivity contribution in [2.24, 2.45) is 0 Å². The van der Waals surface area contributed by atoms with E-state index in [2.05, 4.69) is 34.6 Å². The van der Waals surface area contributed by atoms with E-state index in [1.54, 1.807) is 20.8 Å². The summed E-state index contributed by atoms with van der Waals surface area (Å²) in [6, 6.07) is 0. The van der Waals surface area contributed by atoms with E-state index < -0.39 is 0 Å². The standard InChI is InChI=1S/C10H15.3C2H6O.Zr/c1-6-7(2)9(4)10(5)8(6)3;3*1-2-3;/h1-5H3;3*3H,2H2,1H3;/q-1;;;;. The van der Waals surface area contributed by atoms with Gasteiger partial charge in [-0.3, -0.25) is 0 Å². The van der Waals surface area contributed by atoms with E-state index in [-0.39, 0.29) is 46.0 Å². The summed E-state index contributed by atoms with van der Waals surface area (Å²) in [6.45, 7) is 16.8. The molecular formula is C16H33O3Zr-. The second-order valence-electron chi connectivity index (χ2n) is 4.07. The zero-order chi connectivity index (χ0) is 16.0. The van der Waals surface area contributed by atoms with Crippen molar-refractivity contribution in [3.8, 4) is 0 Å². The van der Waals surface area contributed by atoms with Gasteiger partial charge in [-0.2, -0.15) is 27.8 Å². The fraction of sp³-hybridized carbons (Fsp3) is 0.688. The van der Waals surface area contributed by atoms with Gasteiger partial charge in [-0.25, -0.2) is 0 Å². The van der Waals surface area contributed by atoms with Gasteiger partial charge in [0.25, 0.3) is 0 Å². The van der Waals surface area contributed by atoms with Gasteiger partial charge in [0.05, 0.1) is 0 Å². The van der Waals surface area contributed by atoms with Gasteiger partial charge in [0.15, 0.2) is 0 Å². The van der Waals surface area contributed by atoms with E-state index in [9.17, 15) is 0 Å². The molecule has 0 amide bonds. The molecule has 1 rings (SSSR count). The van der Waals surface area contributed by atoms with Crippen LogP contribution in [0.2, 0.25) is 0 Å². The monoisotopic (exact) mass is 363 g/mol. The second kappa shape index (κ2) is 19.1. The van der Waals surface area contributed by atoms with Crippen LogP contribution in [-0.2, 0) is 26.2 Å². The third-order valence-electron chi connectivity index (χ3n) is 2.81. The van der Waals surface area contributed by atoms with Crippen LogP contribution in [0.5, 0.6) is 0 Å². The van der Waals surface area contributed by atoms with Crippen LogP contribution in [0.15, 0.2) is 0 Å². The van der Waals surface area contributed by atoms with Gasteiger partial charge in [0.2, 0.25) is 0 Å². The number of hydrogen-bond acceptors (Lipinski definition) is 3. The van der Waals surface area contributed by atoms with Crippen LogP contribution in [0.4, 0.5) is 0 Å². The topological polar surface area (TPSA) is 60.7 Å². The smallest absolute Gasteiger partial charge is 0.0402 e. The van der Waals surface area contributed by atoms with Crippen molar-refractivity contribution in [2.45, 2.75) is 55.4 Å². The Balaban J connectivity index is -0.000000108. The van der Waals surface area contributed by atoms with Crippen LogP contribution in [0, 0.1) is 34.6 Å². The molecule has 0 unspecified atom stereocenters. The molecule has 0 heterocycles. The van der Waals surface area contributed by atoms with Gasteiger partial charge in [0.1, 0.15) is 0 Å². The molecule has 1 aromatic rings. The molecule has 0 spiro atoms. The molecule has 4 heteroatoms. The van der Waals surface area contributed by atoms with Crippen molar-refractivity contribution < 1.29 is 41.5 Å². The Labute approximate surface area is 144 Å². The zero-order valence-electron chi connectivity index (χ0n) is 14.5. The van der Waals surface area contributed by atoms with E-state index in [0.717, 1.165) is 0 Å². The number of hydrogen-bond donors (Lipinski definition) is 3. The summed E-state index contributed by atoms with van der Waals surface area (Å²) in [7, 11) is 0. The van der Waals surface area contributed by atoms with Gasteiger partial charge in [-0.1, -0.05) is 34.6 Å². The SMILES string of the molecule is CCO.CCO.CCO.Cc1c(C)c(C)[c-](C)c1C.[Zr]. The summed E-state index contributed by atoms with van der Waals surface area (Å²) in [5.41, 5.74) is 7.34. The summed E-state index contributed by atoms with van der Waals surface area (Å²) in [5.74, 6) is 0. The van der Waals surface area contributed by atoms with Crippen LogP contribution >= 0.6 is 0 Å². The van der Waals surface area contributed by atoms with Crippen LogP contribution < -0.4 is 0 Å². The van der Waals surface area contributed by atoms with Crippen molar-refractivity contribution >= 4 is 0 Å². The molecule has 3 nitrogen and oxygen atoms in total. The molecule has 0 bridgehead atoms. The molecule has 20 heavy (non-hydrogen) atoms. The minimum Gasteiger partial charge on any atom is -0.397 e. The summed E-state index contributed by atoms with van der Waals surface area (Å²) in [4.78, 5) is 0. The summed E-state index contributed by atoms with van der Waals surface area (Å²) < 4.78 is 0.